The molecule has 0 aliphatic carbocycles. The maximum absolute atomic E-state index is 13.4. The number of fused-ring (bicyclic) bond motifs is 6. The minimum absolute atomic E-state index is 0.0197. The normalized spacial score (nSPS) is 28.6. The maximum atomic E-state index is 13.4. The lowest BCUT2D eigenvalue weighted by atomic mass is 9.78. The fourth-order valence-electron chi connectivity index (χ4n) is 11.1. The van der Waals surface area contributed by atoms with Crippen LogP contribution in [0.5, 0.6) is 46.0 Å². The molecule has 5 aromatic carbocycles. The highest BCUT2D eigenvalue weighted by molar-refractivity contribution is 7.99. The summed E-state index contributed by atoms with van der Waals surface area (Å²) in [5, 5.41) is 44.0. The summed E-state index contributed by atoms with van der Waals surface area (Å²) in [6, 6.07) is 24.0. The molecular weight excluding hydrogens is 823 g/mol. The number of hydrogen-bond acceptors (Lipinski definition) is 14. The molecule has 14 heteroatoms. The molecule has 8 heterocycles. The molecule has 5 aromatic rings. The second-order valence-corrected chi connectivity index (χ2v) is 18.5. The van der Waals surface area contributed by atoms with Crippen molar-refractivity contribution in [1.29, 1.82) is 0 Å². The van der Waals surface area contributed by atoms with Gasteiger partial charge in [-0.1, -0.05) is 54.6 Å². The van der Waals surface area contributed by atoms with Gasteiger partial charge in [0.05, 0.1) is 38.2 Å². The zero-order valence-corrected chi connectivity index (χ0v) is 36.4. The first kappa shape index (κ1) is 40.6. The summed E-state index contributed by atoms with van der Waals surface area (Å²) >= 11 is 1.66. The zero-order chi connectivity index (χ0) is 43.2. The largest absolute Gasteiger partial charge is 0.504 e. The molecule has 1 spiro atoms. The molecule has 3 unspecified atom stereocenters. The number of ether oxygens (including phenoxy) is 7. The van der Waals surface area contributed by atoms with E-state index in [-0.39, 0.29) is 32.1 Å². The molecule has 13 nitrogen and oxygen atoms in total. The average molecular weight is 874 g/mol. The van der Waals surface area contributed by atoms with Crippen molar-refractivity contribution >= 4 is 11.8 Å². The highest BCUT2D eigenvalue weighted by Gasteiger charge is 2.62. The molecule has 0 amide bonds. The van der Waals surface area contributed by atoms with Crippen molar-refractivity contribution in [2.45, 2.75) is 74.2 Å². The van der Waals surface area contributed by atoms with Gasteiger partial charge in [-0.3, -0.25) is 4.90 Å². The lowest BCUT2D eigenvalue weighted by Crippen LogP contribution is -2.70. The van der Waals surface area contributed by atoms with Crippen molar-refractivity contribution in [2.24, 2.45) is 0 Å². The Balaban J connectivity index is 1.16. The second kappa shape index (κ2) is 15.5. The van der Waals surface area contributed by atoms with Crippen LogP contribution in [-0.2, 0) is 29.7 Å². The number of aromatic hydroxyl groups is 1. The molecule has 8 atom stereocenters. The van der Waals surface area contributed by atoms with E-state index in [1.165, 1.54) is 7.11 Å². The van der Waals surface area contributed by atoms with Gasteiger partial charge in [0.2, 0.25) is 6.79 Å². The van der Waals surface area contributed by atoms with Gasteiger partial charge in [0.15, 0.2) is 40.8 Å². The van der Waals surface area contributed by atoms with E-state index in [1.54, 1.807) is 24.9 Å². The Bertz CT molecular complexity index is 2600. The predicted molar refractivity (Wildman–Crippen MR) is 235 cm³/mol. The number of aliphatic hydroxyl groups is 2. The highest BCUT2D eigenvalue weighted by atomic mass is 32.2. The van der Waals surface area contributed by atoms with Gasteiger partial charge in [-0.25, -0.2) is 0 Å². The molecule has 0 radical (unpaired) electrons. The van der Waals surface area contributed by atoms with Crippen molar-refractivity contribution in [2.75, 3.05) is 46.5 Å². The van der Waals surface area contributed by atoms with E-state index in [0.29, 0.717) is 65.6 Å². The number of para-hydroxylation sites is 1. The molecule has 63 heavy (non-hydrogen) atoms. The smallest absolute Gasteiger partial charge is 0.231 e. The summed E-state index contributed by atoms with van der Waals surface area (Å²) in [5.74, 6) is 4.44. The zero-order valence-electron chi connectivity index (χ0n) is 35.6. The first-order chi connectivity index (χ1) is 30.6. The van der Waals surface area contributed by atoms with E-state index >= 15 is 0 Å². The Hall–Kier alpha value is -5.19. The molecule has 0 saturated carbocycles. The molecule has 13 rings (SSSR count). The van der Waals surface area contributed by atoms with Crippen molar-refractivity contribution in [1.82, 2.24) is 15.5 Å². The third kappa shape index (κ3) is 6.28. The fraction of sp³-hybridized carbons (Fsp3) is 0.388. The van der Waals surface area contributed by atoms with Crippen LogP contribution >= 0.6 is 11.8 Å². The maximum Gasteiger partial charge on any atom is 0.231 e. The van der Waals surface area contributed by atoms with Crippen LogP contribution in [0.15, 0.2) is 78.9 Å². The Labute approximate surface area is 370 Å². The van der Waals surface area contributed by atoms with Crippen molar-refractivity contribution in [3.05, 3.63) is 129 Å². The van der Waals surface area contributed by atoms with E-state index in [2.05, 4.69) is 21.6 Å². The summed E-state index contributed by atoms with van der Waals surface area (Å²) in [5.41, 5.74) is 5.46. The highest BCUT2D eigenvalue weighted by Crippen LogP contribution is 2.65. The molecule has 328 valence electrons. The van der Waals surface area contributed by atoms with E-state index < -0.39 is 40.9 Å². The number of nitrogens with zero attached hydrogens (tertiary/aromatic N) is 1. The van der Waals surface area contributed by atoms with Gasteiger partial charge in [0.25, 0.3) is 0 Å². The summed E-state index contributed by atoms with van der Waals surface area (Å²) < 4.78 is 45.2. The lowest BCUT2D eigenvalue weighted by Gasteiger charge is -2.59. The Morgan fingerprint density at radius 2 is 1.67 bits per heavy atom. The number of rotatable bonds is 7. The molecule has 8 aliphatic rings. The number of piperazine rings is 1. The molecular formula is C49H51N3O10S. The molecule has 8 aliphatic heterocycles. The third-order valence-corrected chi connectivity index (χ3v) is 15.3. The summed E-state index contributed by atoms with van der Waals surface area (Å²) in [6.45, 7) is 5.12. The Morgan fingerprint density at radius 1 is 0.889 bits per heavy atom. The van der Waals surface area contributed by atoms with Gasteiger partial charge in [-0.2, -0.15) is 0 Å². The first-order valence-electron chi connectivity index (χ1n) is 21.5. The standard InChI is InChI=1S/C49H51N3O10S/c1-26-17-30-20-48(55)23-50-39(36(30)45(41(26)57-4)62-31-13-9-6-10-14-31)40-46-38-37(44-43(60-25-61-44)27(2)42(38)58-21-28-11-7-5-8-12-28)33(52(40)48)22-59-47(54)49(24-63-46)32-19-35(56-3)34(53)18-29(32)15-16-51-49/h5-14,17-19,33,39-40,46-47,50-51,53-55H,15-16,20-25H2,1-4H3/t33-,39+,40?,46+,47?,48-,49+/m0/s1. The van der Waals surface area contributed by atoms with E-state index in [1.807, 2.05) is 80.6 Å². The summed E-state index contributed by atoms with van der Waals surface area (Å²) in [6.07, 6.45) is -0.427. The van der Waals surface area contributed by atoms with Crippen molar-refractivity contribution in [3.63, 3.8) is 0 Å². The van der Waals surface area contributed by atoms with Gasteiger partial charge in [0.1, 0.15) is 29.4 Å². The van der Waals surface area contributed by atoms with Crippen LogP contribution in [0, 0.1) is 13.8 Å². The van der Waals surface area contributed by atoms with Gasteiger partial charge in [-0.05, 0) is 72.4 Å². The minimum atomic E-state index is -1.44. The van der Waals surface area contributed by atoms with Gasteiger partial charge >= 0.3 is 0 Å². The minimum Gasteiger partial charge on any atom is -0.504 e. The number of benzene rings is 5. The molecule has 4 bridgehead atoms. The average Bonchev–Trinajstić information content (AvgIpc) is 3.70. The molecule has 5 N–H and O–H groups in total. The number of phenolic OH excluding ortho intramolecular Hbond substituents is 1. The SMILES string of the molecule is COc1cc2c(cc1O)CCN[C@]21CS[C@@H]2c3c(OCc4ccccc4)c(C)c4c(c3[C@H](COC1O)N1C2[C@@H]2NC[C@@]1(O)Cc1cc(C)c(OC)c(Oc3ccccc3)c12)OCO4. The molecule has 2 fully saturated rings. The number of aryl methyl sites for hydroxylation is 1. The van der Waals surface area contributed by atoms with Crippen molar-refractivity contribution < 1.29 is 48.5 Å². The lowest BCUT2D eigenvalue weighted by molar-refractivity contribution is -0.212. The number of methoxy groups -OCH3 is 2. The van der Waals surface area contributed by atoms with Gasteiger partial charge < -0.3 is 59.1 Å². The van der Waals surface area contributed by atoms with Crippen LogP contribution in [0.4, 0.5) is 0 Å². The van der Waals surface area contributed by atoms with E-state index in [4.69, 9.17) is 33.2 Å². The number of aliphatic hydroxyl groups excluding tert-OH is 1. The van der Waals surface area contributed by atoms with E-state index in [9.17, 15) is 15.3 Å². The van der Waals surface area contributed by atoms with Crippen LogP contribution in [0.3, 0.4) is 0 Å². The number of nitrogens with one attached hydrogen (secondary N) is 2. The van der Waals surface area contributed by atoms with Crippen LogP contribution in [0.2, 0.25) is 0 Å². The quantitative estimate of drug-likeness (QED) is 0.119. The fourth-order valence-corrected chi connectivity index (χ4v) is 12.9. The van der Waals surface area contributed by atoms with Crippen LogP contribution < -0.4 is 39.1 Å². The molecule has 0 aromatic heterocycles. The van der Waals surface area contributed by atoms with Crippen LogP contribution in [0.1, 0.15) is 67.4 Å². The van der Waals surface area contributed by atoms with Crippen LogP contribution in [-0.4, -0.2) is 84.7 Å². The topological polar surface area (TPSA) is 153 Å². The molecule has 2 saturated heterocycles. The number of thioether (sulfide) groups is 1. The van der Waals surface area contributed by atoms with Gasteiger partial charge in [0, 0.05) is 53.6 Å². The Morgan fingerprint density at radius 3 is 2.44 bits per heavy atom. The number of phenols is 1. The van der Waals surface area contributed by atoms with Gasteiger partial charge in [-0.15, -0.1) is 11.8 Å². The number of hydrogen-bond donors (Lipinski definition) is 5. The van der Waals surface area contributed by atoms with Crippen molar-refractivity contribution in [3.8, 4) is 46.0 Å². The van der Waals surface area contributed by atoms with E-state index in [0.717, 1.165) is 50.1 Å². The second-order valence-electron chi connectivity index (χ2n) is 17.3. The Kier molecular flexibility index (Phi) is 9.99. The van der Waals surface area contributed by atoms with Crippen LogP contribution in [0.25, 0.3) is 0 Å². The summed E-state index contributed by atoms with van der Waals surface area (Å²) in [4.78, 5) is 2.22. The summed E-state index contributed by atoms with van der Waals surface area (Å²) in [7, 11) is 3.19. The monoisotopic (exact) mass is 873 g/mol. The third-order valence-electron chi connectivity index (χ3n) is 13.9. The predicted octanol–water partition coefficient (Wildman–Crippen LogP) is 6.60. The first-order valence-corrected chi connectivity index (χ1v) is 22.6.